The monoisotopic (exact) mass is 310 g/mol. The van der Waals surface area contributed by atoms with Crippen molar-refractivity contribution in [2.24, 2.45) is 0 Å². The van der Waals surface area contributed by atoms with Gasteiger partial charge < -0.3 is 9.59 Å². The average Bonchev–Trinajstić information content (AvgIpc) is 2.67. The van der Waals surface area contributed by atoms with Crippen LogP contribution in [0.3, 0.4) is 0 Å². The molecule has 1 N–H and O–H groups in total. The van der Waals surface area contributed by atoms with Crippen LogP contribution in [0.15, 0.2) is 0 Å². The Morgan fingerprint density at radius 2 is 1.23 bits per heavy atom. The van der Waals surface area contributed by atoms with Crippen molar-refractivity contribution in [1.82, 2.24) is 0 Å². The number of rotatable bonds is 11. The van der Waals surface area contributed by atoms with Gasteiger partial charge in [-0.15, -0.1) is 0 Å². The number of piperidine rings is 1. The summed E-state index contributed by atoms with van der Waals surface area (Å²) in [5, 5.41) is 9.96. The maximum atomic E-state index is 9.96. The van der Waals surface area contributed by atoms with Gasteiger partial charge in [-0.1, -0.05) is 58.3 Å². The molecule has 0 amide bonds. The van der Waals surface area contributed by atoms with Crippen molar-refractivity contribution in [3.63, 3.8) is 0 Å². The van der Waals surface area contributed by atoms with Crippen LogP contribution in [0.2, 0.25) is 0 Å². The van der Waals surface area contributed by atoms with E-state index in [0.717, 1.165) is 24.9 Å². The van der Waals surface area contributed by atoms with Gasteiger partial charge in [0.2, 0.25) is 0 Å². The number of hydrogen-bond donors (Lipinski definition) is 1. The van der Waals surface area contributed by atoms with E-state index in [0.29, 0.717) is 0 Å². The van der Waals surface area contributed by atoms with E-state index in [-0.39, 0.29) is 6.10 Å². The van der Waals surface area contributed by atoms with E-state index in [1.54, 1.807) is 0 Å². The van der Waals surface area contributed by atoms with Crippen LogP contribution in [0.4, 0.5) is 0 Å². The fourth-order valence-corrected chi connectivity index (χ4v) is 5.02. The van der Waals surface area contributed by atoms with E-state index in [1.165, 1.54) is 88.1 Å². The SMILES string of the molecule is CCCCCCCCCCCC[N+]1(C)C2CCC1CC(O)C2. The Balaban J connectivity index is 1.50. The number of nitrogens with zero attached hydrogens (tertiary/aromatic N) is 1. The molecule has 0 aromatic heterocycles. The minimum atomic E-state index is -0.00333. The van der Waals surface area contributed by atoms with Gasteiger partial charge in [0.1, 0.15) is 0 Å². The molecule has 130 valence electrons. The summed E-state index contributed by atoms with van der Waals surface area (Å²) in [7, 11) is 2.47. The lowest BCUT2D eigenvalue weighted by Crippen LogP contribution is -2.58. The summed E-state index contributed by atoms with van der Waals surface area (Å²) in [5.74, 6) is 0. The first kappa shape index (κ1) is 18.3. The van der Waals surface area contributed by atoms with Gasteiger partial charge in [0.25, 0.3) is 0 Å². The maximum absolute atomic E-state index is 9.96. The first-order valence-corrected chi connectivity index (χ1v) is 10.2. The van der Waals surface area contributed by atoms with Crippen LogP contribution in [0.5, 0.6) is 0 Å². The molecule has 2 saturated heterocycles. The fraction of sp³-hybridized carbons (Fsp3) is 1.00. The second-order valence-corrected chi connectivity index (χ2v) is 8.26. The first-order chi connectivity index (χ1) is 10.7. The van der Waals surface area contributed by atoms with Gasteiger partial charge >= 0.3 is 0 Å². The number of hydrogen-bond acceptors (Lipinski definition) is 1. The number of quaternary nitrogens is 1. The van der Waals surface area contributed by atoms with Crippen LogP contribution in [0.1, 0.15) is 96.8 Å². The van der Waals surface area contributed by atoms with Crippen molar-refractivity contribution < 1.29 is 9.59 Å². The van der Waals surface area contributed by atoms with E-state index in [1.807, 2.05) is 0 Å². The highest BCUT2D eigenvalue weighted by atomic mass is 16.3. The van der Waals surface area contributed by atoms with E-state index in [9.17, 15) is 5.11 Å². The molecule has 2 unspecified atom stereocenters. The minimum Gasteiger partial charge on any atom is -0.393 e. The van der Waals surface area contributed by atoms with Gasteiger partial charge in [-0.2, -0.15) is 0 Å². The second-order valence-electron chi connectivity index (χ2n) is 8.26. The van der Waals surface area contributed by atoms with Crippen molar-refractivity contribution >= 4 is 0 Å². The van der Waals surface area contributed by atoms with Gasteiger partial charge in [0, 0.05) is 25.7 Å². The standard InChI is InChI=1S/C20H40NO/c1-3-4-5-6-7-8-9-10-11-12-15-21(2)18-13-14-19(21)17-20(22)16-18/h18-20,22H,3-17H2,1-2H3/q+1. The molecular formula is C20H40NO+. The van der Waals surface area contributed by atoms with Crippen molar-refractivity contribution in [3.05, 3.63) is 0 Å². The Hall–Kier alpha value is -0.0800. The van der Waals surface area contributed by atoms with Crippen molar-refractivity contribution in [1.29, 1.82) is 0 Å². The normalized spacial score (nSPS) is 34.2. The van der Waals surface area contributed by atoms with Crippen molar-refractivity contribution in [2.45, 2.75) is 115 Å². The summed E-state index contributed by atoms with van der Waals surface area (Å²) >= 11 is 0. The van der Waals surface area contributed by atoms with E-state index in [2.05, 4.69) is 14.0 Å². The third-order valence-corrected chi connectivity index (χ3v) is 6.58. The smallest absolute Gasteiger partial charge is 0.0917 e. The molecule has 0 aromatic rings. The zero-order valence-corrected chi connectivity index (χ0v) is 15.2. The zero-order valence-electron chi connectivity index (χ0n) is 15.2. The Labute approximate surface area is 138 Å². The first-order valence-electron chi connectivity index (χ1n) is 10.2. The van der Waals surface area contributed by atoms with Crippen LogP contribution in [0.25, 0.3) is 0 Å². The maximum Gasteiger partial charge on any atom is 0.0917 e. The molecule has 2 atom stereocenters. The molecule has 0 spiro atoms. The number of fused-ring (bicyclic) bond motifs is 2. The highest BCUT2D eigenvalue weighted by Crippen LogP contribution is 2.41. The average molecular weight is 311 g/mol. The molecule has 2 aliphatic rings. The minimum absolute atomic E-state index is 0.00333. The third-order valence-electron chi connectivity index (χ3n) is 6.58. The molecule has 2 nitrogen and oxygen atoms in total. The largest absolute Gasteiger partial charge is 0.393 e. The highest BCUT2D eigenvalue weighted by Gasteiger charge is 2.50. The highest BCUT2D eigenvalue weighted by molar-refractivity contribution is 4.85. The molecule has 0 saturated carbocycles. The van der Waals surface area contributed by atoms with Crippen LogP contribution < -0.4 is 0 Å². The summed E-state index contributed by atoms with van der Waals surface area (Å²) in [6.07, 6.45) is 19.1. The molecule has 2 rings (SSSR count). The van der Waals surface area contributed by atoms with Gasteiger partial charge in [-0.3, -0.25) is 0 Å². The van der Waals surface area contributed by atoms with E-state index in [4.69, 9.17) is 0 Å². The summed E-state index contributed by atoms with van der Waals surface area (Å²) in [4.78, 5) is 0. The van der Waals surface area contributed by atoms with Crippen molar-refractivity contribution in [3.8, 4) is 0 Å². The Morgan fingerprint density at radius 3 is 1.73 bits per heavy atom. The Bertz CT molecular complexity index is 290. The molecule has 2 fully saturated rings. The molecule has 0 radical (unpaired) electrons. The quantitative estimate of drug-likeness (QED) is 0.419. The second kappa shape index (κ2) is 9.27. The third kappa shape index (κ3) is 4.96. The van der Waals surface area contributed by atoms with E-state index >= 15 is 0 Å². The molecular weight excluding hydrogens is 270 g/mol. The lowest BCUT2D eigenvalue weighted by Gasteiger charge is -2.46. The molecule has 22 heavy (non-hydrogen) atoms. The molecule has 2 heterocycles. The fourth-order valence-electron chi connectivity index (χ4n) is 5.02. The molecule has 0 aliphatic carbocycles. The van der Waals surface area contributed by atoms with Gasteiger partial charge in [0.05, 0.1) is 31.8 Å². The lowest BCUT2D eigenvalue weighted by molar-refractivity contribution is -0.949. The lowest BCUT2D eigenvalue weighted by atomic mass is 9.96. The number of unbranched alkanes of at least 4 members (excludes halogenated alkanes) is 9. The number of aliphatic hydroxyl groups excluding tert-OH is 1. The number of aliphatic hydroxyl groups is 1. The molecule has 0 aromatic carbocycles. The molecule has 2 bridgehead atoms. The van der Waals surface area contributed by atoms with Crippen LogP contribution in [-0.4, -0.2) is 41.4 Å². The summed E-state index contributed by atoms with van der Waals surface area (Å²) < 4.78 is 1.29. The van der Waals surface area contributed by atoms with Crippen molar-refractivity contribution in [2.75, 3.05) is 13.6 Å². The van der Waals surface area contributed by atoms with Crippen LogP contribution >= 0.6 is 0 Å². The summed E-state index contributed by atoms with van der Waals surface area (Å²) in [5.41, 5.74) is 0. The predicted molar refractivity (Wildman–Crippen MR) is 94.9 cm³/mol. The zero-order chi connectivity index (χ0) is 15.8. The summed E-state index contributed by atoms with van der Waals surface area (Å²) in [6, 6.07) is 1.51. The van der Waals surface area contributed by atoms with Gasteiger partial charge in [-0.25, -0.2) is 0 Å². The Morgan fingerprint density at radius 1 is 0.773 bits per heavy atom. The summed E-state index contributed by atoms with van der Waals surface area (Å²) in [6.45, 7) is 3.65. The van der Waals surface area contributed by atoms with Gasteiger partial charge in [-0.05, 0) is 12.8 Å². The predicted octanol–water partition coefficient (Wildman–Crippen LogP) is 5.04. The van der Waals surface area contributed by atoms with E-state index < -0.39 is 0 Å². The van der Waals surface area contributed by atoms with Gasteiger partial charge in [0.15, 0.2) is 0 Å². The molecule has 2 heteroatoms. The van der Waals surface area contributed by atoms with Crippen LogP contribution in [0, 0.1) is 0 Å². The van der Waals surface area contributed by atoms with Crippen LogP contribution in [-0.2, 0) is 0 Å². The Kier molecular flexibility index (Phi) is 7.70. The molecule has 2 aliphatic heterocycles. The topological polar surface area (TPSA) is 20.2 Å².